The van der Waals surface area contributed by atoms with Crippen molar-refractivity contribution in [3.05, 3.63) is 65.2 Å². The fourth-order valence-electron chi connectivity index (χ4n) is 2.48. The quantitative estimate of drug-likeness (QED) is 0.788. The molecule has 1 unspecified atom stereocenters. The minimum Gasteiger partial charge on any atom is -0.398 e. The topological polar surface area (TPSA) is 66.6 Å². The van der Waals surface area contributed by atoms with E-state index in [9.17, 15) is 9.90 Å². The highest BCUT2D eigenvalue weighted by molar-refractivity contribution is 5.85. The lowest BCUT2D eigenvalue weighted by molar-refractivity contribution is -0.131. The number of para-hydroxylation sites is 1. The Kier molecular flexibility index (Phi) is 7.75. The molecule has 3 N–H and O–H groups in total. The Labute approximate surface area is 149 Å². The van der Waals surface area contributed by atoms with E-state index in [1.165, 1.54) is 0 Å². The molecule has 130 valence electrons. The average Bonchev–Trinajstić information content (AvgIpc) is 2.55. The monoisotopic (exact) mass is 348 g/mol. The van der Waals surface area contributed by atoms with Gasteiger partial charge in [0, 0.05) is 12.2 Å². The molecule has 1 atom stereocenters. The van der Waals surface area contributed by atoms with Gasteiger partial charge in [-0.3, -0.25) is 4.79 Å². The van der Waals surface area contributed by atoms with E-state index in [1.54, 1.807) is 11.0 Å². The van der Waals surface area contributed by atoms with Crippen LogP contribution in [0, 0.1) is 6.92 Å². The van der Waals surface area contributed by atoms with Crippen molar-refractivity contribution >= 4 is 24.0 Å². The number of carbonyl (C=O) groups is 1. The molecular weight excluding hydrogens is 324 g/mol. The summed E-state index contributed by atoms with van der Waals surface area (Å²) in [5.74, 6) is -0.0310. The van der Waals surface area contributed by atoms with Gasteiger partial charge in [0.15, 0.2) is 0 Å². The predicted molar refractivity (Wildman–Crippen MR) is 100 cm³/mol. The van der Waals surface area contributed by atoms with Gasteiger partial charge in [0.05, 0.1) is 19.1 Å². The summed E-state index contributed by atoms with van der Waals surface area (Å²) >= 11 is 0. The molecule has 1 amide bonds. The molecule has 0 saturated carbocycles. The Bertz CT molecular complexity index is 659. The maximum atomic E-state index is 12.5. The molecule has 4 nitrogen and oxygen atoms in total. The fraction of sp³-hybridized carbons (Fsp3) is 0.316. The molecule has 2 rings (SSSR count). The summed E-state index contributed by atoms with van der Waals surface area (Å²) in [5, 5.41) is 10.4. The maximum Gasteiger partial charge on any atom is 0.227 e. The van der Waals surface area contributed by atoms with Crippen LogP contribution in [-0.4, -0.2) is 29.0 Å². The van der Waals surface area contributed by atoms with Gasteiger partial charge < -0.3 is 15.7 Å². The number of hydrogen-bond acceptors (Lipinski definition) is 3. The van der Waals surface area contributed by atoms with Gasteiger partial charge in [-0.15, -0.1) is 12.4 Å². The van der Waals surface area contributed by atoms with Gasteiger partial charge in [-0.1, -0.05) is 48.0 Å². The molecule has 0 aromatic heterocycles. The number of anilines is 1. The number of benzene rings is 2. The summed E-state index contributed by atoms with van der Waals surface area (Å²) in [6.07, 6.45) is -0.436. The third-order valence-corrected chi connectivity index (χ3v) is 3.99. The molecule has 5 heteroatoms. The molecule has 0 radical (unpaired) electrons. The number of aliphatic hydroxyl groups is 1. The highest BCUT2D eigenvalue weighted by Crippen LogP contribution is 2.17. The summed E-state index contributed by atoms with van der Waals surface area (Å²) in [7, 11) is 0. The molecule has 0 aliphatic rings. The largest absolute Gasteiger partial charge is 0.398 e. The van der Waals surface area contributed by atoms with Crippen molar-refractivity contribution in [2.45, 2.75) is 26.4 Å². The molecule has 2 aromatic rings. The van der Waals surface area contributed by atoms with Crippen molar-refractivity contribution in [3.63, 3.8) is 0 Å². The second-order valence-electron chi connectivity index (χ2n) is 5.73. The van der Waals surface area contributed by atoms with Crippen LogP contribution in [0.1, 0.15) is 29.7 Å². The predicted octanol–water partition coefficient (Wildman–Crippen LogP) is 3.12. The molecule has 24 heavy (non-hydrogen) atoms. The van der Waals surface area contributed by atoms with Crippen LogP contribution in [0.2, 0.25) is 0 Å². The number of aliphatic hydroxyl groups excluding tert-OH is 1. The average molecular weight is 349 g/mol. The van der Waals surface area contributed by atoms with Crippen molar-refractivity contribution in [2.24, 2.45) is 0 Å². The molecule has 2 aromatic carbocycles. The van der Waals surface area contributed by atoms with E-state index in [2.05, 4.69) is 0 Å². The van der Waals surface area contributed by atoms with Gasteiger partial charge in [-0.2, -0.15) is 0 Å². The summed E-state index contributed by atoms with van der Waals surface area (Å²) in [6.45, 7) is 4.75. The fourth-order valence-corrected chi connectivity index (χ4v) is 2.48. The lowest BCUT2D eigenvalue weighted by atomic mass is 10.1. The van der Waals surface area contributed by atoms with E-state index in [0.29, 0.717) is 12.2 Å². The molecule has 0 saturated heterocycles. The van der Waals surface area contributed by atoms with Crippen LogP contribution in [0.15, 0.2) is 48.5 Å². The second-order valence-corrected chi connectivity index (χ2v) is 5.73. The van der Waals surface area contributed by atoms with E-state index >= 15 is 0 Å². The number of likely N-dealkylation sites (N-methyl/N-ethyl adjacent to an activating group) is 1. The number of aryl methyl sites for hydroxylation is 1. The van der Waals surface area contributed by atoms with Crippen LogP contribution in [-0.2, 0) is 11.2 Å². The lowest BCUT2D eigenvalue weighted by Crippen LogP contribution is -2.35. The standard InChI is InChI=1S/C19H24N2O2.ClH/c1-3-21(13-18(22)15-10-8-14(2)9-11-15)19(23)12-16-6-4-5-7-17(16)20;/h4-11,18,22H,3,12-13,20H2,1-2H3;1H. The normalized spacial score (nSPS) is 11.5. The third-order valence-electron chi connectivity index (χ3n) is 3.99. The second kappa shape index (κ2) is 9.30. The van der Waals surface area contributed by atoms with Crippen LogP contribution in [0.5, 0.6) is 0 Å². The van der Waals surface area contributed by atoms with Gasteiger partial charge in [0.1, 0.15) is 0 Å². The number of rotatable bonds is 6. The molecule has 0 fully saturated rings. The Morgan fingerprint density at radius 3 is 2.38 bits per heavy atom. The lowest BCUT2D eigenvalue weighted by Gasteiger charge is -2.24. The summed E-state index contributed by atoms with van der Waals surface area (Å²) in [6, 6.07) is 15.1. The highest BCUT2D eigenvalue weighted by atomic mass is 35.5. The van der Waals surface area contributed by atoms with Gasteiger partial charge in [0.25, 0.3) is 0 Å². The molecule has 0 heterocycles. The number of amides is 1. The Morgan fingerprint density at radius 2 is 1.79 bits per heavy atom. The first-order valence-corrected chi connectivity index (χ1v) is 7.87. The molecule has 0 aliphatic heterocycles. The number of nitrogens with two attached hydrogens (primary N) is 1. The van der Waals surface area contributed by atoms with Gasteiger partial charge in [-0.25, -0.2) is 0 Å². The zero-order valence-electron chi connectivity index (χ0n) is 14.1. The molecule has 0 bridgehead atoms. The number of carbonyl (C=O) groups excluding carboxylic acids is 1. The smallest absolute Gasteiger partial charge is 0.227 e. The van der Waals surface area contributed by atoms with Crippen LogP contribution in [0.25, 0.3) is 0 Å². The van der Waals surface area contributed by atoms with Crippen LogP contribution in [0.3, 0.4) is 0 Å². The first-order chi connectivity index (χ1) is 11.0. The number of hydrogen-bond donors (Lipinski definition) is 2. The number of halogens is 1. The van der Waals surface area contributed by atoms with Crippen molar-refractivity contribution < 1.29 is 9.90 Å². The first kappa shape index (κ1) is 20.0. The summed E-state index contributed by atoms with van der Waals surface area (Å²) in [4.78, 5) is 14.1. The van der Waals surface area contributed by atoms with Crippen molar-refractivity contribution in [3.8, 4) is 0 Å². The number of nitrogens with zero attached hydrogens (tertiary/aromatic N) is 1. The van der Waals surface area contributed by atoms with Crippen LogP contribution < -0.4 is 5.73 Å². The van der Waals surface area contributed by atoms with Crippen LogP contribution >= 0.6 is 12.4 Å². The van der Waals surface area contributed by atoms with Crippen molar-refractivity contribution in [2.75, 3.05) is 18.8 Å². The summed E-state index contributed by atoms with van der Waals surface area (Å²) in [5.41, 5.74) is 9.30. The molecular formula is C19H25ClN2O2. The Morgan fingerprint density at radius 1 is 1.17 bits per heavy atom. The van der Waals surface area contributed by atoms with Gasteiger partial charge >= 0.3 is 0 Å². The number of nitrogen functional groups attached to an aromatic ring is 1. The van der Waals surface area contributed by atoms with Gasteiger partial charge in [0.2, 0.25) is 5.91 Å². The zero-order valence-corrected chi connectivity index (χ0v) is 14.9. The Balaban J connectivity index is 0.00000288. The third kappa shape index (κ3) is 5.25. The van der Waals surface area contributed by atoms with Crippen molar-refractivity contribution in [1.29, 1.82) is 0 Å². The van der Waals surface area contributed by atoms with E-state index in [4.69, 9.17) is 5.73 Å². The van der Waals surface area contributed by atoms with E-state index < -0.39 is 6.10 Å². The maximum absolute atomic E-state index is 12.5. The van der Waals surface area contributed by atoms with E-state index in [-0.39, 0.29) is 31.3 Å². The van der Waals surface area contributed by atoms with E-state index in [0.717, 1.165) is 16.7 Å². The summed E-state index contributed by atoms with van der Waals surface area (Å²) < 4.78 is 0. The highest BCUT2D eigenvalue weighted by Gasteiger charge is 2.18. The minimum atomic E-state index is -0.687. The van der Waals surface area contributed by atoms with E-state index in [1.807, 2.05) is 56.3 Å². The molecule has 0 aliphatic carbocycles. The van der Waals surface area contributed by atoms with Gasteiger partial charge in [-0.05, 0) is 31.0 Å². The SMILES string of the molecule is CCN(CC(O)c1ccc(C)cc1)C(=O)Cc1ccccc1N.Cl. The van der Waals surface area contributed by atoms with Crippen molar-refractivity contribution in [1.82, 2.24) is 4.90 Å². The Hall–Kier alpha value is -2.04. The minimum absolute atomic E-state index is 0. The first-order valence-electron chi connectivity index (χ1n) is 7.87. The van der Waals surface area contributed by atoms with Crippen LogP contribution in [0.4, 0.5) is 5.69 Å². The zero-order chi connectivity index (χ0) is 16.8. The molecule has 0 spiro atoms.